The van der Waals surface area contributed by atoms with E-state index in [4.69, 9.17) is 0 Å². The Morgan fingerprint density at radius 2 is 2.21 bits per heavy atom. The number of hydrogen-bond donors (Lipinski definition) is 1. The van der Waals surface area contributed by atoms with Gasteiger partial charge in [-0.3, -0.25) is 4.57 Å². The molecule has 1 aromatic rings. The van der Waals surface area contributed by atoms with Crippen molar-refractivity contribution in [3.8, 4) is 0 Å². The first-order valence-corrected chi connectivity index (χ1v) is 7.34. The van der Waals surface area contributed by atoms with Gasteiger partial charge in [0.1, 0.15) is 0 Å². The van der Waals surface area contributed by atoms with Gasteiger partial charge in [0.15, 0.2) is 0 Å². The number of hydrogen-bond acceptors (Lipinski definition) is 3. The average molecular weight is 263 g/mol. The van der Waals surface area contributed by atoms with Crippen LogP contribution in [0.25, 0.3) is 0 Å². The first-order valence-electron chi connectivity index (χ1n) is 7.34. The molecule has 1 saturated carbocycles. The molecule has 0 bridgehead atoms. The van der Waals surface area contributed by atoms with Crippen LogP contribution in [0.3, 0.4) is 0 Å². The van der Waals surface area contributed by atoms with E-state index in [0.717, 1.165) is 23.9 Å². The lowest BCUT2D eigenvalue weighted by atomic mass is 9.87. The van der Waals surface area contributed by atoms with Crippen molar-refractivity contribution in [2.45, 2.75) is 59.0 Å². The van der Waals surface area contributed by atoms with Crippen LogP contribution in [-0.4, -0.2) is 22.1 Å². The predicted molar refractivity (Wildman–Crippen MR) is 77.4 cm³/mol. The van der Waals surface area contributed by atoms with E-state index < -0.39 is 0 Å². The Balaban J connectivity index is 1.87. The van der Waals surface area contributed by atoms with Crippen molar-refractivity contribution in [3.05, 3.63) is 27.9 Å². The zero-order valence-electron chi connectivity index (χ0n) is 12.3. The standard InChI is InChI=1S/C15H25N3O/c1-11-5-4-6-14(9-11)16-7-8-18-13(3)10-12(2)17-15(18)19/h10-11,14,16H,4-9H2,1-3H3. The average Bonchev–Trinajstić information content (AvgIpc) is 2.32. The highest BCUT2D eigenvalue weighted by atomic mass is 16.1. The van der Waals surface area contributed by atoms with Crippen LogP contribution in [0.4, 0.5) is 0 Å². The lowest BCUT2D eigenvalue weighted by molar-refractivity contribution is 0.298. The highest BCUT2D eigenvalue weighted by Gasteiger charge is 2.17. The van der Waals surface area contributed by atoms with Gasteiger partial charge in [0.25, 0.3) is 0 Å². The Bertz CT molecular complexity index is 481. The lowest BCUT2D eigenvalue weighted by Crippen LogP contribution is -2.37. The van der Waals surface area contributed by atoms with Crippen LogP contribution < -0.4 is 11.0 Å². The van der Waals surface area contributed by atoms with Crippen LogP contribution >= 0.6 is 0 Å². The normalized spacial score (nSPS) is 23.5. The SMILES string of the molecule is Cc1cc(C)n(CCNC2CCCC(C)C2)c(=O)n1. The van der Waals surface area contributed by atoms with Crippen LogP contribution in [0.1, 0.15) is 44.0 Å². The largest absolute Gasteiger partial charge is 0.347 e. The fourth-order valence-electron chi connectivity index (χ4n) is 3.05. The van der Waals surface area contributed by atoms with Crippen molar-refractivity contribution in [2.24, 2.45) is 5.92 Å². The summed E-state index contributed by atoms with van der Waals surface area (Å²) in [5.74, 6) is 0.830. The Morgan fingerprint density at radius 3 is 2.89 bits per heavy atom. The smallest absolute Gasteiger partial charge is 0.312 e. The molecule has 0 aromatic carbocycles. The molecule has 0 radical (unpaired) electrons. The third-order valence-electron chi connectivity index (χ3n) is 4.05. The molecule has 2 rings (SSSR count). The second-order valence-electron chi connectivity index (χ2n) is 5.90. The van der Waals surface area contributed by atoms with Crippen molar-refractivity contribution in [1.29, 1.82) is 0 Å². The molecule has 19 heavy (non-hydrogen) atoms. The zero-order valence-corrected chi connectivity index (χ0v) is 12.3. The highest BCUT2D eigenvalue weighted by molar-refractivity contribution is 5.06. The molecule has 1 aromatic heterocycles. The second kappa shape index (κ2) is 6.33. The maximum absolute atomic E-state index is 11.8. The van der Waals surface area contributed by atoms with Gasteiger partial charge < -0.3 is 5.32 Å². The van der Waals surface area contributed by atoms with Gasteiger partial charge in [0.2, 0.25) is 0 Å². The summed E-state index contributed by atoms with van der Waals surface area (Å²) in [6.07, 6.45) is 5.22. The Morgan fingerprint density at radius 1 is 1.42 bits per heavy atom. The summed E-state index contributed by atoms with van der Waals surface area (Å²) in [7, 11) is 0. The highest BCUT2D eigenvalue weighted by Crippen LogP contribution is 2.23. The van der Waals surface area contributed by atoms with Gasteiger partial charge in [-0.25, -0.2) is 4.79 Å². The van der Waals surface area contributed by atoms with Crippen LogP contribution in [-0.2, 0) is 6.54 Å². The molecule has 1 aliphatic carbocycles. The van der Waals surface area contributed by atoms with E-state index in [0.29, 0.717) is 12.6 Å². The molecule has 106 valence electrons. The minimum Gasteiger partial charge on any atom is -0.312 e. The van der Waals surface area contributed by atoms with Gasteiger partial charge in [0.05, 0.1) is 0 Å². The van der Waals surface area contributed by atoms with Crippen molar-refractivity contribution in [2.75, 3.05) is 6.54 Å². The van der Waals surface area contributed by atoms with Gasteiger partial charge in [-0.1, -0.05) is 19.8 Å². The van der Waals surface area contributed by atoms with E-state index in [2.05, 4.69) is 17.2 Å². The lowest BCUT2D eigenvalue weighted by Gasteiger charge is -2.27. The molecular formula is C15H25N3O. The van der Waals surface area contributed by atoms with Crippen LogP contribution in [0.5, 0.6) is 0 Å². The van der Waals surface area contributed by atoms with Crippen LogP contribution in [0, 0.1) is 19.8 Å². The molecule has 1 heterocycles. The Labute approximate surface area is 115 Å². The van der Waals surface area contributed by atoms with E-state index in [9.17, 15) is 4.79 Å². The molecular weight excluding hydrogens is 238 g/mol. The summed E-state index contributed by atoms with van der Waals surface area (Å²) in [6, 6.07) is 2.59. The molecule has 4 heteroatoms. The van der Waals surface area contributed by atoms with E-state index in [1.54, 1.807) is 4.57 Å². The van der Waals surface area contributed by atoms with Gasteiger partial charge in [-0.05, 0) is 38.7 Å². The molecule has 0 aliphatic heterocycles. The van der Waals surface area contributed by atoms with Gasteiger partial charge in [0, 0.05) is 30.5 Å². The maximum atomic E-state index is 11.8. The van der Waals surface area contributed by atoms with Gasteiger partial charge in [-0.2, -0.15) is 4.98 Å². The quantitative estimate of drug-likeness (QED) is 0.904. The number of aromatic nitrogens is 2. The first-order chi connectivity index (χ1) is 9.06. The second-order valence-corrected chi connectivity index (χ2v) is 5.90. The fourth-order valence-corrected chi connectivity index (χ4v) is 3.05. The minimum absolute atomic E-state index is 0.128. The molecule has 0 amide bonds. The van der Waals surface area contributed by atoms with E-state index in [-0.39, 0.29) is 5.69 Å². The maximum Gasteiger partial charge on any atom is 0.347 e. The summed E-state index contributed by atoms with van der Waals surface area (Å²) in [5, 5.41) is 3.58. The fraction of sp³-hybridized carbons (Fsp3) is 0.733. The topological polar surface area (TPSA) is 46.9 Å². The minimum atomic E-state index is -0.128. The van der Waals surface area contributed by atoms with Crippen molar-refractivity contribution in [3.63, 3.8) is 0 Å². The van der Waals surface area contributed by atoms with Crippen LogP contribution in [0.15, 0.2) is 10.9 Å². The molecule has 0 saturated heterocycles. The molecule has 2 unspecified atom stereocenters. The first kappa shape index (κ1) is 14.3. The number of rotatable bonds is 4. The summed E-state index contributed by atoms with van der Waals surface area (Å²) in [4.78, 5) is 15.8. The molecule has 4 nitrogen and oxygen atoms in total. The van der Waals surface area contributed by atoms with E-state index in [1.165, 1.54) is 25.7 Å². The monoisotopic (exact) mass is 263 g/mol. The summed E-state index contributed by atoms with van der Waals surface area (Å²) in [6.45, 7) is 7.72. The summed E-state index contributed by atoms with van der Waals surface area (Å²) >= 11 is 0. The number of aryl methyl sites for hydroxylation is 2. The Hall–Kier alpha value is -1.16. The summed E-state index contributed by atoms with van der Waals surface area (Å²) < 4.78 is 1.76. The number of nitrogens with one attached hydrogen (secondary N) is 1. The number of nitrogens with zero attached hydrogens (tertiary/aromatic N) is 2. The van der Waals surface area contributed by atoms with Gasteiger partial charge >= 0.3 is 5.69 Å². The predicted octanol–water partition coefficient (Wildman–Crippen LogP) is 2.03. The van der Waals surface area contributed by atoms with Crippen LogP contribution in [0.2, 0.25) is 0 Å². The molecule has 1 N–H and O–H groups in total. The van der Waals surface area contributed by atoms with E-state index in [1.807, 2.05) is 19.9 Å². The summed E-state index contributed by atoms with van der Waals surface area (Å²) in [5.41, 5.74) is 1.67. The molecule has 0 spiro atoms. The third-order valence-corrected chi connectivity index (χ3v) is 4.05. The van der Waals surface area contributed by atoms with E-state index >= 15 is 0 Å². The zero-order chi connectivity index (χ0) is 13.8. The van der Waals surface area contributed by atoms with Gasteiger partial charge in [-0.15, -0.1) is 0 Å². The molecule has 1 aliphatic rings. The third kappa shape index (κ3) is 3.90. The molecule has 1 fully saturated rings. The van der Waals surface area contributed by atoms with Crippen molar-refractivity contribution in [1.82, 2.24) is 14.9 Å². The molecule has 2 atom stereocenters. The van der Waals surface area contributed by atoms with Crippen molar-refractivity contribution >= 4 is 0 Å². The Kier molecular flexibility index (Phi) is 4.75. The van der Waals surface area contributed by atoms with Crippen molar-refractivity contribution < 1.29 is 0 Å².